The number of hydrogen-bond acceptors (Lipinski definition) is 2. The molecule has 0 spiro atoms. The lowest BCUT2D eigenvalue weighted by Gasteiger charge is -2.03. The number of phenols is 1. The molecule has 0 saturated carbocycles. The lowest BCUT2D eigenvalue weighted by atomic mass is 10.1. The van der Waals surface area contributed by atoms with E-state index < -0.39 is 0 Å². The number of benzene rings is 1. The molecule has 3 aromatic rings. The number of aromatic nitrogens is 2. The largest absolute Gasteiger partial charge is 1.00 e. The summed E-state index contributed by atoms with van der Waals surface area (Å²) in [5, 5.41) is 10.8. The minimum atomic E-state index is 0. The molecule has 1 N–H and O–H groups in total. The second kappa shape index (κ2) is 6.67. The highest BCUT2D eigenvalue weighted by atomic mass is 127. The van der Waals surface area contributed by atoms with E-state index in [9.17, 15) is 5.11 Å². The summed E-state index contributed by atoms with van der Waals surface area (Å²) in [7, 11) is 1.99. The molecule has 0 aliphatic rings. The van der Waals surface area contributed by atoms with Crippen molar-refractivity contribution in [3.8, 4) is 5.75 Å². The molecule has 2 aromatic heterocycles. The fourth-order valence-corrected chi connectivity index (χ4v) is 2.14. The Morgan fingerprint density at radius 1 is 1.05 bits per heavy atom. The predicted octanol–water partition coefficient (Wildman–Crippen LogP) is -0.0607. The van der Waals surface area contributed by atoms with Gasteiger partial charge in [-0.3, -0.25) is 4.98 Å². The second-order valence-corrected chi connectivity index (χ2v) is 4.70. The summed E-state index contributed by atoms with van der Waals surface area (Å²) in [6.07, 6.45) is 9.83. The fourth-order valence-electron chi connectivity index (χ4n) is 2.14. The Morgan fingerprint density at radius 3 is 2.57 bits per heavy atom. The van der Waals surface area contributed by atoms with Crippen LogP contribution < -0.4 is 28.5 Å². The molecule has 3 nitrogen and oxygen atoms in total. The first-order chi connectivity index (χ1) is 9.74. The third-order valence-corrected chi connectivity index (χ3v) is 3.24. The molecule has 0 aliphatic carbocycles. The summed E-state index contributed by atoms with van der Waals surface area (Å²) in [4.78, 5) is 4.22. The van der Waals surface area contributed by atoms with E-state index in [0.29, 0.717) is 5.52 Å². The Bertz CT molecular complexity index is 782. The zero-order chi connectivity index (χ0) is 13.9. The van der Waals surface area contributed by atoms with Crippen molar-refractivity contribution in [2.24, 2.45) is 7.05 Å². The highest BCUT2D eigenvalue weighted by Gasteiger charge is 2.03. The van der Waals surface area contributed by atoms with Crippen molar-refractivity contribution in [2.45, 2.75) is 0 Å². The van der Waals surface area contributed by atoms with E-state index in [4.69, 9.17) is 0 Å². The number of hydrogen-bond donors (Lipinski definition) is 1. The van der Waals surface area contributed by atoms with Gasteiger partial charge in [-0.15, -0.1) is 0 Å². The van der Waals surface area contributed by atoms with Gasteiger partial charge in [0.2, 0.25) is 0 Å². The molecule has 2 heterocycles. The monoisotopic (exact) mass is 390 g/mol. The minimum Gasteiger partial charge on any atom is -1.00 e. The molecule has 0 bridgehead atoms. The Hall–Kier alpha value is -1.95. The maximum absolute atomic E-state index is 9.82. The van der Waals surface area contributed by atoms with Gasteiger partial charge in [0.15, 0.2) is 12.4 Å². The van der Waals surface area contributed by atoms with Gasteiger partial charge < -0.3 is 29.1 Å². The minimum absolute atomic E-state index is 0. The number of aromatic hydroxyl groups is 1. The number of nitrogens with zero attached hydrogens (tertiary/aromatic N) is 2. The molecule has 3 rings (SSSR count). The molecule has 1 aromatic carbocycles. The first kappa shape index (κ1) is 15.4. The van der Waals surface area contributed by atoms with Gasteiger partial charge in [0.25, 0.3) is 0 Å². The van der Waals surface area contributed by atoms with Crippen LogP contribution in [0.15, 0.2) is 55.0 Å². The number of fused-ring (bicyclic) bond motifs is 1. The molecular formula is C17H15IN2O. The van der Waals surface area contributed by atoms with E-state index in [1.54, 1.807) is 12.3 Å². The summed E-state index contributed by atoms with van der Waals surface area (Å²) in [6.45, 7) is 0. The molecule has 0 amide bonds. The topological polar surface area (TPSA) is 37.0 Å². The number of halogens is 1. The van der Waals surface area contributed by atoms with Crippen LogP contribution in [0.2, 0.25) is 0 Å². The van der Waals surface area contributed by atoms with Crippen LogP contribution in [0, 0.1) is 0 Å². The standard InChI is InChI=1S/C17H14N2O.HI/c1-19-11-8-13(9-12-19)5-6-14-7-10-18-17-15(14)3-2-4-16(17)20;/h2-12H,1H3;1H. The summed E-state index contributed by atoms with van der Waals surface area (Å²) in [6, 6.07) is 11.5. The molecule has 0 radical (unpaired) electrons. The van der Waals surface area contributed by atoms with Crippen LogP contribution in [-0.4, -0.2) is 10.1 Å². The Kier molecular flexibility index (Phi) is 4.90. The Balaban J connectivity index is 0.00000161. The predicted molar refractivity (Wildman–Crippen MR) is 80.0 cm³/mol. The van der Waals surface area contributed by atoms with E-state index in [-0.39, 0.29) is 29.7 Å². The van der Waals surface area contributed by atoms with Crippen molar-refractivity contribution in [1.29, 1.82) is 0 Å². The molecular weight excluding hydrogens is 375 g/mol. The van der Waals surface area contributed by atoms with Gasteiger partial charge in [0.1, 0.15) is 18.3 Å². The van der Waals surface area contributed by atoms with Crippen molar-refractivity contribution in [3.05, 3.63) is 66.1 Å². The molecule has 0 atom stereocenters. The average Bonchev–Trinajstić information content (AvgIpc) is 2.47. The first-order valence-electron chi connectivity index (χ1n) is 6.44. The highest BCUT2D eigenvalue weighted by Crippen LogP contribution is 2.25. The van der Waals surface area contributed by atoms with Crippen molar-refractivity contribution in [2.75, 3.05) is 0 Å². The fraction of sp³-hybridized carbons (Fsp3) is 0.0588. The van der Waals surface area contributed by atoms with E-state index in [0.717, 1.165) is 16.5 Å². The lowest BCUT2D eigenvalue weighted by Crippen LogP contribution is -3.00. The molecule has 0 fully saturated rings. The van der Waals surface area contributed by atoms with E-state index in [2.05, 4.69) is 23.2 Å². The normalized spacial score (nSPS) is 10.7. The smallest absolute Gasteiger partial charge is 0.169 e. The number of rotatable bonds is 2. The number of phenolic OH excluding ortho intramolecular Hbond substituents is 1. The Morgan fingerprint density at radius 2 is 1.81 bits per heavy atom. The highest BCUT2D eigenvalue weighted by molar-refractivity contribution is 5.93. The number of aryl methyl sites for hydroxylation is 1. The van der Waals surface area contributed by atoms with E-state index >= 15 is 0 Å². The second-order valence-electron chi connectivity index (χ2n) is 4.70. The molecule has 0 aliphatic heterocycles. The molecule has 106 valence electrons. The van der Waals surface area contributed by atoms with Crippen molar-refractivity contribution in [3.63, 3.8) is 0 Å². The third-order valence-electron chi connectivity index (χ3n) is 3.24. The maximum atomic E-state index is 9.82. The van der Waals surface area contributed by atoms with Crippen LogP contribution in [-0.2, 0) is 7.05 Å². The zero-order valence-corrected chi connectivity index (χ0v) is 13.7. The number of para-hydroxylation sites is 1. The first-order valence-corrected chi connectivity index (χ1v) is 6.44. The SMILES string of the molecule is C[n+]1ccc(/C=C/c2ccnc3c(O)cccc23)cc1.[I-]. The van der Waals surface area contributed by atoms with Crippen molar-refractivity contribution >= 4 is 23.1 Å². The summed E-state index contributed by atoms with van der Waals surface area (Å²) < 4.78 is 2.00. The van der Waals surface area contributed by atoms with Crippen molar-refractivity contribution < 1.29 is 33.7 Å². The van der Waals surface area contributed by atoms with Crippen LogP contribution in [0.4, 0.5) is 0 Å². The summed E-state index contributed by atoms with van der Waals surface area (Å²) in [5.41, 5.74) is 2.81. The maximum Gasteiger partial charge on any atom is 0.169 e. The van der Waals surface area contributed by atoms with Gasteiger partial charge in [0, 0.05) is 23.7 Å². The summed E-state index contributed by atoms with van der Waals surface area (Å²) in [5.74, 6) is 0.212. The van der Waals surface area contributed by atoms with Gasteiger partial charge >= 0.3 is 0 Å². The van der Waals surface area contributed by atoms with Gasteiger partial charge in [-0.05, 0) is 23.3 Å². The van der Waals surface area contributed by atoms with Gasteiger partial charge in [-0.25, -0.2) is 4.57 Å². The number of pyridine rings is 2. The zero-order valence-electron chi connectivity index (χ0n) is 11.6. The Labute approximate surface area is 140 Å². The molecule has 0 unspecified atom stereocenters. The molecule has 0 saturated heterocycles. The molecule has 4 heteroatoms. The average molecular weight is 390 g/mol. The van der Waals surface area contributed by atoms with Crippen LogP contribution in [0.1, 0.15) is 11.1 Å². The summed E-state index contributed by atoms with van der Waals surface area (Å²) >= 11 is 0. The third kappa shape index (κ3) is 3.39. The lowest BCUT2D eigenvalue weighted by molar-refractivity contribution is -0.671. The van der Waals surface area contributed by atoms with Gasteiger partial charge in [-0.1, -0.05) is 24.3 Å². The molecule has 21 heavy (non-hydrogen) atoms. The van der Waals surface area contributed by atoms with Gasteiger partial charge in [0.05, 0.1) is 0 Å². The van der Waals surface area contributed by atoms with E-state index in [1.165, 1.54) is 0 Å². The van der Waals surface area contributed by atoms with Crippen LogP contribution in [0.25, 0.3) is 23.1 Å². The van der Waals surface area contributed by atoms with Crippen LogP contribution in [0.5, 0.6) is 5.75 Å². The van der Waals surface area contributed by atoms with Gasteiger partial charge in [-0.2, -0.15) is 0 Å². The van der Waals surface area contributed by atoms with Crippen LogP contribution in [0.3, 0.4) is 0 Å². The quantitative estimate of drug-likeness (QED) is 0.492. The van der Waals surface area contributed by atoms with Crippen molar-refractivity contribution in [1.82, 2.24) is 4.98 Å². The van der Waals surface area contributed by atoms with Crippen LogP contribution >= 0.6 is 0 Å². The van der Waals surface area contributed by atoms with E-state index in [1.807, 2.05) is 48.3 Å².